The summed E-state index contributed by atoms with van der Waals surface area (Å²) >= 11 is 0. The number of carbonyl (C=O) groups excluding carboxylic acids is 3. The molecule has 0 fully saturated rings. The van der Waals surface area contributed by atoms with Gasteiger partial charge in [0.1, 0.15) is 5.75 Å². The van der Waals surface area contributed by atoms with E-state index in [1.165, 1.54) is 50.4 Å². The van der Waals surface area contributed by atoms with E-state index in [9.17, 15) is 24.5 Å². The number of methoxy groups -OCH3 is 1. The number of amides is 2. The molecule has 188 valence electrons. The Morgan fingerprint density at radius 1 is 1.00 bits per heavy atom. The SMILES string of the molecule is COc1ccc(/C=C/C(=O)Oc2c(/C=N/NC(=O)c3ccc(NC(C)=O)cc3)cccc2[N+](=O)[O-])cc1. The number of nitro benzene ring substituents is 1. The van der Waals surface area contributed by atoms with E-state index in [1.807, 2.05) is 0 Å². The Hall–Kier alpha value is -5.32. The molecule has 2 N–H and O–H groups in total. The van der Waals surface area contributed by atoms with Crippen molar-refractivity contribution in [3.05, 3.63) is 99.6 Å². The molecule has 3 rings (SSSR count). The van der Waals surface area contributed by atoms with Crippen LogP contribution in [0.3, 0.4) is 0 Å². The summed E-state index contributed by atoms with van der Waals surface area (Å²) < 4.78 is 10.3. The molecule has 11 heteroatoms. The van der Waals surface area contributed by atoms with Gasteiger partial charge in [-0.3, -0.25) is 19.7 Å². The lowest BCUT2D eigenvalue weighted by Gasteiger charge is -2.07. The number of hydrogen-bond acceptors (Lipinski definition) is 8. The maximum atomic E-state index is 12.4. The maximum absolute atomic E-state index is 12.4. The van der Waals surface area contributed by atoms with Crippen LogP contribution in [0.4, 0.5) is 11.4 Å². The van der Waals surface area contributed by atoms with Gasteiger partial charge in [-0.1, -0.05) is 18.2 Å². The Kier molecular flexibility index (Phi) is 8.81. The normalized spacial score (nSPS) is 10.8. The Labute approximate surface area is 211 Å². The van der Waals surface area contributed by atoms with Crippen LogP contribution in [0.25, 0.3) is 6.08 Å². The Bertz CT molecular complexity index is 1360. The van der Waals surface area contributed by atoms with E-state index in [2.05, 4.69) is 15.8 Å². The molecule has 37 heavy (non-hydrogen) atoms. The number of nitrogens with zero attached hydrogens (tertiary/aromatic N) is 2. The van der Waals surface area contributed by atoms with Crippen molar-refractivity contribution < 1.29 is 28.8 Å². The first-order chi connectivity index (χ1) is 17.8. The van der Waals surface area contributed by atoms with Crippen molar-refractivity contribution in [2.45, 2.75) is 6.92 Å². The second kappa shape index (κ2) is 12.4. The number of esters is 1. The van der Waals surface area contributed by atoms with Crippen molar-refractivity contribution in [2.75, 3.05) is 12.4 Å². The minimum absolute atomic E-state index is 0.0988. The van der Waals surface area contributed by atoms with E-state index in [0.717, 1.165) is 12.3 Å². The fourth-order valence-electron chi connectivity index (χ4n) is 3.05. The molecule has 0 unspecified atom stereocenters. The minimum Gasteiger partial charge on any atom is -0.497 e. The zero-order valence-corrected chi connectivity index (χ0v) is 19.8. The average molecular weight is 502 g/mol. The van der Waals surface area contributed by atoms with Gasteiger partial charge in [-0.25, -0.2) is 10.2 Å². The predicted molar refractivity (Wildman–Crippen MR) is 137 cm³/mol. The summed E-state index contributed by atoms with van der Waals surface area (Å²) in [4.78, 5) is 46.7. The Balaban J connectivity index is 1.73. The molecule has 0 aromatic heterocycles. The number of anilines is 1. The molecule has 0 spiro atoms. The van der Waals surface area contributed by atoms with E-state index < -0.39 is 22.5 Å². The number of nitrogens with one attached hydrogen (secondary N) is 2. The standard InChI is InChI=1S/C26H22N4O7/c1-17(31)28-21-11-9-19(10-12-21)26(33)29-27-16-20-4-3-5-23(30(34)35)25(20)37-24(32)15-8-18-6-13-22(36-2)14-7-18/h3-16H,1-2H3,(H,28,31)(H,29,33)/b15-8+,27-16+. The van der Waals surface area contributed by atoms with Gasteiger partial charge in [0.25, 0.3) is 5.91 Å². The lowest BCUT2D eigenvalue weighted by atomic mass is 10.2. The average Bonchev–Trinajstić information content (AvgIpc) is 2.88. The summed E-state index contributed by atoms with van der Waals surface area (Å²) in [5.74, 6) is -1.32. The first-order valence-electron chi connectivity index (χ1n) is 10.8. The number of nitro groups is 1. The molecule has 3 aromatic carbocycles. The molecule has 0 bridgehead atoms. The van der Waals surface area contributed by atoms with Crippen molar-refractivity contribution in [3.8, 4) is 11.5 Å². The highest BCUT2D eigenvalue weighted by Gasteiger charge is 2.20. The summed E-state index contributed by atoms with van der Waals surface area (Å²) in [6.45, 7) is 1.37. The maximum Gasteiger partial charge on any atom is 0.336 e. The zero-order chi connectivity index (χ0) is 26.8. The van der Waals surface area contributed by atoms with Crippen molar-refractivity contribution >= 4 is 41.4 Å². The van der Waals surface area contributed by atoms with Gasteiger partial charge >= 0.3 is 11.7 Å². The topological polar surface area (TPSA) is 149 Å². The summed E-state index contributed by atoms with van der Waals surface area (Å²) in [5.41, 5.74) is 3.43. The smallest absolute Gasteiger partial charge is 0.336 e. The van der Waals surface area contributed by atoms with Crippen LogP contribution in [0.1, 0.15) is 28.4 Å². The third-order valence-electron chi connectivity index (χ3n) is 4.79. The number of hydrogen-bond donors (Lipinski definition) is 2. The van der Waals surface area contributed by atoms with Crippen LogP contribution in [0.5, 0.6) is 11.5 Å². The number of ether oxygens (including phenoxy) is 2. The van der Waals surface area contributed by atoms with Crippen LogP contribution in [0, 0.1) is 10.1 Å². The van der Waals surface area contributed by atoms with Crippen molar-refractivity contribution in [1.29, 1.82) is 0 Å². The van der Waals surface area contributed by atoms with Crippen LogP contribution >= 0.6 is 0 Å². The van der Waals surface area contributed by atoms with Crippen LogP contribution in [0.2, 0.25) is 0 Å². The second-order valence-corrected chi connectivity index (χ2v) is 7.44. The van der Waals surface area contributed by atoms with E-state index >= 15 is 0 Å². The molecule has 0 radical (unpaired) electrons. The highest BCUT2D eigenvalue weighted by molar-refractivity contribution is 5.97. The van der Waals surface area contributed by atoms with Gasteiger partial charge in [0.2, 0.25) is 11.7 Å². The Morgan fingerprint density at radius 2 is 1.70 bits per heavy atom. The Morgan fingerprint density at radius 3 is 2.32 bits per heavy atom. The first-order valence-corrected chi connectivity index (χ1v) is 10.8. The summed E-state index contributed by atoms with van der Waals surface area (Å²) in [6, 6.07) is 17.0. The van der Waals surface area contributed by atoms with Crippen LogP contribution in [-0.4, -0.2) is 36.0 Å². The van der Waals surface area contributed by atoms with Crippen LogP contribution in [-0.2, 0) is 9.59 Å². The highest BCUT2D eigenvalue weighted by Crippen LogP contribution is 2.30. The molecule has 3 aromatic rings. The summed E-state index contributed by atoms with van der Waals surface area (Å²) in [6.07, 6.45) is 3.75. The number of para-hydroxylation sites is 1. The molecular formula is C26H22N4O7. The van der Waals surface area contributed by atoms with Gasteiger partial charge in [0.15, 0.2) is 0 Å². The fraction of sp³-hybridized carbons (Fsp3) is 0.0769. The molecule has 0 aliphatic rings. The number of carbonyl (C=O) groups is 3. The zero-order valence-electron chi connectivity index (χ0n) is 19.8. The van der Waals surface area contributed by atoms with E-state index in [-0.39, 0.29) is 22.8 Å². The molecule has 0 aliphatic heterocycles. The van der Waals surface area contributed by atoms with Crippen molar-refractivity contribution in [1.82, 2.24) is 5.43 Å². The predicted octanol–water partition coefficient (Wildman–Crippen LogP) is 3.94. The third-order valence-corrected chi connectivity index (χ3v) is 4.79. The van der Waals surface area contributed by atoms with Crippen molar-refractivity contribution in [3.63, 3.8) is 0 Å². The summed E-state index contributed by atoms with van der Waals surface area (Å²) in [5, 5.41) is 17.9. The largest absolute Gasteiger partial charge is 0.497 e. The molecule has 2 amide bonds. The molecular weight excluding hydrogens is 480 g/mol. The number of rotatable bonds is 9. The fourth-order valence-corrected chi connectivity index (χ4v) is 3.05. The van der Waals surface area contributed by atoms with E-state index in [1.54, 1.807) is 36.4 Å². The van der Waals surface area contributed by atoms with E-state index in [4.69, 9.17) is 9.47 Å². The quantitative estimate of drug-likeness (QED) is 0.112. The van der Waals surface area contributed by atoms with Crippen LogP contribution in [0.15, 0.2) is 77.9 Å². The molecule has 11 nitrogen and oxygen atoms in total. The lowest BCUT2D eigenvalue weighted by Crippen LogP contribution is -2.18. The van der Waals surface area contributed by atoms with Gasteiger partial charge in [-0.15, -0.1) is 0 Å². The first kappa shape index (κ1) is 26.3. The molecule has 0 aliphatic carbocycles. The van der Waals surface area contributed by atoms with Crippen molar-refractivity contribution in [2.24, 2.45) is 5.10 Å². The van der Waals surface area contributed by atoms with Gasteiger partial charge in [0, 0.05) is 35.9 Å². The molecule has 0 heterocycles. The lowest BCUT2D eigenvalue weighted by molar-refractivity contribution is -0.385. The second-order valence-electron chi connectivity index (χ2n) is 7.44. The minimum atomic E-state index is -0.844. The van der Waals surface area contributed by atoms with Gasteiger partial charge in [-0.2, -0.15) is 5.10 Å². The van der Waals surface area contributed by atoms with Gasteiger partial charge in [-0.05, 0) is 54.1 Å². The monoisotopic (exact) mass is 502 g/mol. The highest BCUT2D eigenvalue weighted by atomic mass is 16.6. The molecule has 0 atom stereocenters. The summed E-state index contributed by atoms with van der Waals surface area (Å²) in [7, 11) is 1.54. The van der Waals surface area contributed by atoms with Gasteiger partial charge in [0.05, 0.1) is 18.2 Å². The number of benzene rings is 3. The molecule has 0 saturated heterocycles. The van der Waals surface area contributed by atoms with Gasteiger partial charge < -0.3 is 14.8 Å². The molecule has 0 saturated carbocycles. The number of hydrazone groups is 1. The van der Waals surface area contributed by atoms with E-state index in [0.29, 0.717) is 17.0 Å². The van der Waals surface area contributed by atoms with Crippen LogP contribution < -0.4 is 20.2 Å². The third kappa shape index (κ3) is 7.59.